The molecule has 19 heavy (non-hydrogen) atoms. The fourth-order valence-electron chi connectivity index (χ4n) is 1.53. The highest BCUT2D eigenvalue weighted by Gasteiger charge is 2.13. The van der Waals surface area contributed by atoms with E-state index in [0.717, 1.165) is 10.6 Å². The molecule has 106 valence electrons. The molecule has 0 spiro atoms. The Morgan fingerprint density at radius 1 is 1.58 bits per heavy atom. The lowest BCUT2D eigenvalue weighted by molar-refractivity contribution is -0.137. The van der Waals surface area contributed by atoms with Crippen molar-refractivity contribution in [3.63, 3.8) is 0 Å². The van der Waals surface area contributed by atoms with Gasteiger partial charge in [-0.05, 0) is 12.8 Å². The van der Waals surface area contributed by atoms with Crippen LogP contribution in [0.5, 0.6) is 0 Å². The lowest BCUT2D eigenvalue weighted by atomic mass is 10.1. The van der Waals surface area contributed by atoms with Gasteiger partial charge in [0.25, 0.3) is 0 Å². The van der Waals surface area contributed by atoms with Crippen molar-refractivity contribution in [1.82, 2.24) is 15.2 Å². The number of nitrogens with zero attached hydrogens (tertiary/aromatic N) is 2. The molecule has 0 radical (unpaired) electrons. The molecule has 0 aliphatic carbocycles. The number of hydrogen-bond donors (Lipinski definition) is 2. The summed E-state index contributed by atoms with van der Waals surface area (Å²) in [6.07, 6.45) is 0.0535. The Morgan fingerprint density at radius 2 is 2.26 bits per heavy atom. The molecule has 2 amide bonds. The number of carbonyl (C=O) groups excluding carboxylic acids is 1. The number of rotatable bonds is 6. The van der Waals surface area contributed by atoms with E-state index in [1.807, 2.05) is 6.92 Å². The molecule has 0 saturated heterocycles. The Morgan fingerprint density at radius 3 is 2.79 bits per heavy atom. The maximum atomic E-state index is 11.8. The highest BCUT2D eigenvalue weighted by molar-refractivity contribution is 7.09. The van der Waals surface area contributed by atoms with Gasteiger partial charge in [0, 0.05) is 24.9 Å². The number of aliphatic carboxylic acids is 1. The lowest BCUT2D eigenvalue weighted by Gasteiger charge is -2.19. The van der Waals surface area contributed by atoms with Crippen LogP contribution in [0.15, 0.2) is 5.51 Å². The number of carboxylic acids is 1. The zero-order valence-electron chi connectivity index (χ0n) is 11.3. The van der Waals surface area contributed by atoms with E-state index < -0.39 is 5.97 Å². The molecule has 1 aromatic heterocycles. The number of hydrogen-bond acceptors (Lipinski definition) is 4. The number of nitrogens with one attached hydrogen (secondary N) is 1. The van der Waals surface area contributed by atoms with Crippen molar-refractivity contribution >= 4 is 23.3 Å². The van der Waals surface area contributed by atoms with Crippen LogP contribution < -0.4 is 5.32 Å². The van der Waals surface area contributed by atoms with Crippen LogP contribution in [-0.2, 0) is 11.3 Å². The van der Waals surface area contributed by atoms with E-state index in [9.17, 15) is 9.59 Å². The summed E-state index contributed by atoms with van der Waals surface area (Å²) in [6, 6.07) is -0.204. The van der Waals surface area contributed by atoms with Gasteiger partial charge < -0.3 is 15.3 Å². The maximum absolute atomic E-state index is 11.8. The van der Waals surface area contributed by atoms with E-state index in [4.69, 9.17) is 5.11 Å². The van der Waals surface area contributed by atoms with Crippen molar-refractivity contribution in [2.24, 2.45) is 5.92 Å². The van der Waals surface area contributed by atoms with Crippen molar-refractivity contribution in [2.75, 3.05) is 13.6 Å². The molecule has 0 bridgehead atoms. The van der Waals surface area contributed by atoms with E-state index >= 15 is 0 Å². The van der Waals surface area contributed by atoms with E-state index in [0.29, 0.717) is 13.1 Å². The molecule has 7 heteroatoms. The van der Waals surface area contributed by atoms with Gasteiger partial charge in [-0.3, -0.25) is 4.79 Å². The Balaban J connectivity index is 2.37. The summed E-state index contributed by atoms with van der Waals surface area (Å²) in [5, 5.41) is 11.4. The van der Waals surface area contributed by atoms with Gasteiger partial charge in [-0.1, -0.05) is 6.92 Å². The average Bonchev–Trinajstić information content (AvgIpc) is 2.71. The van der Waals surface area contributed by atoms with Crippen LogP contribution in [-0.4, -0.2) is 40.6 Å². The summed E-state index contributed by atoms with van der Waals surface area (Å²) in [7, 11) is 1.70. The molecule has 1 unspecified atom stereocenters. The monoisotopic (exact) mass is 285 g/mol. The quantitative estimate of drug-likeness (QED) is 0.833. The van der Waals surface area contributed by atoms with Gasteiger partial charge in [0.15, 0.2) is 0 Å². The van der Waals surface area contributed by atoms with Crippen LogP contribution in [0.1, 0.15) is 23.9 Å². The number of carboxylic acid groups (broad SMARTS) is 1. The van der Waals surface area contributed by atoms with Crippen molar-refractivity contribution < 1.29 is 14.7 Å². The standard InChI is InChI=1S/C12H19N3O3S/c1-8(4-11(16)17)5-13-12(18)15(3)6-10-9(2)14-7-19-10/h7-8H,4-6H2,1-3H3,(H,13,18)(H,16,17). The number of carbonyl (C=O) groups is 2. The second kappa shape index (κ2) is 7.08. The number of amides is 2. The number of thiazole rings is 1. The smallest absolute Gasteiger partial charge is 0.317 e. The first-order chi connectivity index (χ1) is 8.90. The Bertz CT molecular complexity index is 447. The van der Waals surface area contributed by atoms with Gasteiger partial charge in [-0.15, -0.1) is 11.3 Å². The predicted octanol–water partition coefficient (Wildman–Crippen LogP) is 1.70. The fourth-order valence-corrected chi connectivity index (χ4v) is 2.36. The van der Waals surface area contributed by atoms with Gasteiger partial charge in [0.1, 0.15) is 0 Å². The summed E-state index contributed by atoms with van der Waals surface area (Å²) in [4.78, 5) is 29.1. The van der Waals surface area contributed by atoms with Crippen LogP contribution in [0.4, 0.5) is 4.79 Å². The first-order valence-corrected chi connectivity index (χ1v) is 6.87. The number of aryl methyl sites for hydroxylation is 1. The first kappa shape index (κ1) is 15.4. The molecule has 1 atom stereocenters. The van der Waals surface area contributed by atoms with E-state index in [1.165, 1.54) is 11.3 Å². The highest BCUT2D eigenvalue weighted by Crippen LogP contribution is 2.14. The third-order valence-corrected chi connectivity index (χ3v) is 3.62. The van der Waals surface area contributed by atoms with E-state index in [2.05, 4.69) is 10.3 Å². The van der Waals surface area contributed by atoms with Gasteiger partial charge in [0.2, 0.25) is 0 Å². The molecule has 1 rings (SSSR count). The maximum Gasteiger partial charge on any atom is 0.317 e. The van der Waals surface area contributed by atoms with Crippen molar-refractivity contribution in [1.29, 1.82) is 0 Å². The third kappa shape index (κ3) is 5.25. The molecule has 6 nitrogen and oxygen atoms in total. The van der Waals surface area contributed by atoms with Gasteiger partial charge in [-0.25, -0.2) is 9.78 Å². The minimum absolute atomic E-state index is 0.0535. The Hall–Kier alpha value is -1.63. The molecule has 0 fully saturated rings. The minimum atomic E-state index is -0.851. The molecule has 0 aromatic carbocycles. The van der Waals surface area contributed by atoms with Gasteiger partial charge in [0.05, 0.1) is 17.7 Å². The van der Waals surface area contributed by atoms with Gasteiger partial charge in [-0.2, -0.15) is 0 Å². The summed E-state index contributed by atoms with van der Waals surface area (Å²) >= 11 is 1.52. The van der Waals surface area contributed by atoms with Gasteiger partial charge >= 0.3 is 12.0 Å². The van der Waals surface area contributed by atoms with Crippen molar-refractivity contribution in [3.05, 3.63) is 16.1 Å². The molecule has 0 aliphatic heterocycles. The topological polar surface area (TPSA) is 82.5 Å². The molecular formula is C12H19N3O3S. The van der Waals surface area contributed by atoms with Crippen molar-refractivity contribution in [2.45, 2.75) is 26.8 Å². The summed E-state index contributed by atoms with van der Waals surface area (Å²) < 4.78 is 0. The molecule has 0 aliphatic rings. The largest absolute Gasteiger partial charge is 0.481 e. The van der Waals surface area contributed by atoms with Crippen LogP contribution in [0.25, 0.3) is 0 Å². The summed E-state index contributed by atoms with van der Waals surface area (Å²) in [6.45, 7) is 4.57. The first-order valence-electron chi connectivity index (χ1n) is 6.00. The zero-order chi connectivity index (χ0) is 14.4. The Labute approximate surface area is 116 Å². The lowest BCUT2D eigenvalue weighted by Crippen LogP contribution is -2.39. The van der Waals surface area contributed by atoms with Crippen molar-refractivity contribution in [3.8, 4) is 0 Å². The average molecular weight is 285 g/mol. The minimum Gasteiger partial charge on any atom is -0.481 e. The zero-order valence-corrected chi connectivity index (χ0v) is 12.2. The molecule has 2 N–H and O–H groups in total. The summed E-state index contributed by atoms with van der Waals surface area (Å²) in [5.74, 6) is -0.935. The van der Waals surface area contributed by atoms with E-state index in [-0.39, 0.29) is 18.4 Å². The Kier molecular flexibility index (Phi) is 5.75. The number of aromatic nitrogens is 1. The second-order valence-electron chi connectivity index (χ2n) is 4.61. The highest BCUT2D eigenvalue weighted by atomic mass is 32.1. The third-order valence-electron chi connectivity index (χ3n) is 2.70. The summed E-state index contributed by atoms with van der Waals surface area (Å²) in [5.41, 5.74) is 2.69. The van der Waals surface area contributed by atoms with Crippen LogP contribution >= 0.6 is 11.3 Å². The number of urea groups is 1. The van der Waals surface area contributed by atoms with E-state index in [1.54, 1.807) is 24.4 Å². The normalized spacial score (nSPS) is 11.9. The fraction of sp³-hybridized carbons (Fsp3) is 0.583. The molecule has 0 saturated carbocycles. The SMILES string of the molecule is Cc1ncsc1CN(C)C(=O)NCC(C)CC(=O)O. The van der Waals surface area contributed by atoms with Crippen LogP contribution in [0.3, 0.4) is 0 Å². The molecular weight excluding hydrogens is 266 g/mol. The second-order valence-corrected chi connectivity index (χ2v) is 5.55. The predicted molar refractivity (Wildman–Crippen MR) is 73.1 cm³/mol. The molecule has 1 aromatic rings. The van der Waals surface area contributed by atoms with Crippen LogP contribution in [0.2, 0.25) is 0 Å². The van der Waals surface area contributed by atoms with Crippen LogP contribution in [0, 0.1) is 12.8 Å². The molecule has 1 heterocycles.